The fourth-order valence-electron chi connectivity index (χ4n) is 3.26. The summed E-state index contributed by atoms with van der Waals surface area (Å²) in [6, 6.07) is -2.07. The van der Waals surface area contributed by atoms with Crippen LogP contribution in [0.3, 0.4) is 0 Å². The highest BCUT2D eigenvalue weighted by molar-refractivity contribution is 6.07. The van der Waals surface area contributed by atoms with Crippen molar-refractivity contribution < 1.29 is 24.3 Å². The van der Waals surface area contributed by atoms with E-state index in [-0.39, 0.29) is 38.0 Å². The van der Waals surface area contributed by atoms with E-state index in [4.69, 9.17) is 11.5 Å². The summed E-state index contributed by atoms with van der Waals surface area (Å²) in [7, 11) is 1.52. The number of β-lactam (4-membered cyclic amide) rings is 1. The summed E-state index contributed by atoms with van der Waals surface area (Å²) in [5.41, 5.74) is 10.4. The van der Waals surface area contributed by atoms with E-state index in [2.05, 4.69) is 24.2 Å². The van der Waals surface area contributed by atoms with Crippen molar-refractivity contribution in [3.63, 3.8) is 0 Å². The van der Waals surface area contributed by atoms with Crippen LogP contribution < -0.4 is 16.8 Å². The smallest absolute Gasteiger partial charge is 0.327 e. The van der Waals surface area contributed by atoms with E-state index in [0.29, 0.717) is 19.5 Å². The predicted molar refractivity (Wildman–Crippen MR) is 111 cm³/mol. The number of nitrogens with one attached hydrogen (secondary N) is 1. The Hall–Kier alpha value is -3.05. The molecular formula is C18H33N7O5. The number of aliphatic carboxylic acids is 1. The highest BCUT2D eigenvalue weighted by Gasteiger charge is 2.55. The van der Waals surface area contributed by atoms with Gasteiger partial charge in [0.05, 0.1) is 5.92 Å². The topological polar surface area (TPSA) is 175 Å². The second-order valence-electron chi connectivity index (χ2n) is 7.07. The highest BCUT2D eigenvalue weighted by atomic mass is 16.4. The summed E-state index contributed by atoms with van der Waals surface area (Å²) in [5.74, 6) is -2.57. The molecule has 30 heavy (non-hydrogen) atoms. The number of carboxylic acid groups (broad SMARTS) is 1. The maximum Gasteiger partial charge on any atom is 0.327 e. The van der Waals surface area contributed by atoms with E-state index >= 15 is 0 Å². The van der Waals surface area contributed by atoms with Gasteiger partial charge < -0.3 is 31.7 Å². The normalized spacial score (nSPS) is 20.5. The summed E-state index contributed by atoms with van der Waals surface area (Å²) in [5, 5.41) is 11.9. The van der Waals surface area contributed by atoms with Gasteiger partial charge in [-0.05, 0) is 12.8 Å². The molecule has 2 rings (SSSR count). The number of piperazine rings is 1. The molecule has 2 atom stereocenters. The Bertz CT molecular complexity index is 657. The van der Waals surface area contributed by atoms with Crippen LogP contribution in [0.25, 0.3) is 0 Å². The lowest BCUT2D eigenvalue weighted by atomic mass is 9.84. The molecular weight excluding hydrogens is 394 g/mol. The van der Waals surface area contributed by atoms with Crippen LogP contribution >= 0.6 is 0 Å². The lowest BCUT2D eigenvalue weighted by molar-refractivity contribution is -0.167. The standard InChI is InChI=1S/C15H25N7O5.C3H8/c1-18-14(26)20-5-7-21(8-6-20)15(27)22-10(12(24)25)9(11(22)23)3-2-4-19-13(16)17;1-3-2/h9-10H,2-8H2,1H3,(H,18,26)(H,24,25)(H4,16,17,19);3H2,1-2H3/t9-,10?;/m1./s1. The number of urea groups is 2. The molecule has 5 amide bonds. The number of aliphatic imine (C=N–C) groups is 1. The number of carbonyl (C=O) groups excluding carboxylic acids is 3. The molecule has 0 bridgehead atoms. The van der Waals surface area contributed by atoms with Gasteiger partial charge in [-0.15, -0.1) is 0 Å². The van der Waals surface area contributed by atoms with Crippen molar-refractivity contribution in [2.75, 3.05) is 39.8 Å². The summed E-state index contributed by atoms with van der Waals surface area (Å²) < 4.78 is 0. The van der Waals surface area contributed by atoms with Crippen LogP contribution in [0.2, 0.25) is 0 Å². The maximum atomic E-state index is 12.6. The Labute approximate surface area is 176 Å². The van der Waals surface area contributed by atoms with Gasteiger partial charge in [-0.25, -0.2) is 19.3 Å². The molecule has 0 aromatic rings. The Balaban J connectivity index is 0.00000141. The number of carboxylic acids is 1. The van der Waals surface area contributed by atoms with Crippen LogP contribution in [-0.4, -0.2) is 95.5 Å². The largest absolute Gasteiger partial charge is 0.480 e. The van der Waals surface area contributed by atoms with Crippen molar-refractivity contribution in [3.05, 3.63) is 0 Å². The zero-order valence-corrected chi connectivity index (χ0v) is 17.8. The van der Waals surface area contributed by atoms with Crippen molar-refractivity contribution in [2.24, 2.45) is 22.4 Å². The van der Waals surface area contributed by atoms with E-state index in [9.17, 15) is 24.3 Å². The van der Waals surface area contributed by atoms with E-state index in [1.807, 2.05) is 0 Å². The number of nitrogens with two attached hydrogens (primary N) is 2. The second kappa shape index (κ2) is 11.8. The van der Waals surface area contributed by atoms with Gasteiger partial charge >= 0.3 is 18.0 Å². The first kappa shape index (κ1) is 25.0. The van der Waals surface area contributed by atoms with E-state index in [1.54, 1.807) is 4.90 Å². The lowest BCUT2D eigenvalue weighted by Gasteiger charge is -2.46. The molecule has 2 heterocycles. The average molecular weight is 428 g/mol. The van der Waals surface area contributed by atoms with Crippen LogP contribution in [0, 0.1) is 5.92 Å². The number of hydrogen-bond acceptors (Lipinski definition) is 5. The second-order valence-corrected chi connectivity index (χ2v) is 7.07. The van der Waals surface area contributed by atoms with Gasteiger partial charge in [0, 0.05) is 39.8 Å². The van der Waals surface area contributed by atoms with Crippen LogP contribution in [0.1, 0.15) is 33.1 Å². The van der Waals surface area contributed by atoms with Crippen molar-refractivity contribution in [3.8, 4) is 0 Å². The predicted octanol–water partition coefficient (Wildman–Crippen LogP) is -0.555. The zero-order chi connectivity index (χ0) is 22.8. The Morgan fingerprint density at radius 2 is 1.67 bits per heavy atom. The SMILES string of the molecule is CCC.CNC(=O)N1CCN(C(=O)N2C(=O)[C@H](CCCN=C(N)N)C2C(=O)O)CC1. The van der Waals surface area contributed by atoms with Gasteiger partial charge in [-0.1, -0.05) is 20.3 Å². The van der Waals surface area contributed by atoms with E-state index in [0.717, 1.165) is 4.90 Å². The van der Waals surface area contributed by atoms with Crippen LogP contribution in [0.15, 0.2) is 4.99 Å². The van der Waals surface area contributed by atoms with Gasteiger partial charge in [-0.2, -0.15) is 0 Å². The summed E-state index contributed by atoms with van der Waals surface area (Å²) in [6.07, 6.45) is 1.96. The molecule has 0 aromatic heterocycles. The van der Waals surface area contributed by atoms with Crippen molar-refractivity contribution >= 4 is 29.9 Å². The molecule has 2 aliphatic heterocycles. The molecule has 0 saturated carbocycles. The number of likely N-dealkylation sites (tertiary alicyclic amines) is 1. The monoisotopic (exact) mass is 427 g/mol. The molecule has 0 aliphatic carbocycles. The highest BCUT2D eigenvalue weighted by Crippen LogP contribution is 2.32. The van der Waals surface area contributed by atoms with Gasteiger partial charge in [-0.3, -0.25) is 9.79 Å². The van der Waals surface area contributed by atoms with Crippen molar-refractivity contribution in [1.29, 1.82) is 0 Å². The number of amides is 5. The van der Waals surface area contributed by atoms with Crippen LogP contribution in [0.5, 0.6) is 0 Å². The molecule has 0 spiro atoms. The minimum Gasteiger partial charge on any atom is -0.480 e. The number of imide groups is 1. The molecule has 0 radical (unpaired) electrons. The first-order chi connectivity index (χ1) is 14.2. The molecule has 6 N–H and O–H groups in total. The number of nitrogens with zero attached hydrogens (tertiary/aromatic N) is 4. The number of rotatable bonds is 5. The average Bonchev–Trinajstić information content (AvgIpc) is 2.70. The molecule has 170 valence electrons. The van der Waals surface area contributed by atoms with E-state index < -0.39 is 29.9 Å². The minimum atomic E-state index is -1.22. The lowest BCUT2D eigenvalue weighted by Crippen LogP contribution is -2.69. The van der Waals surface area contributed by atoms with Crippen LogP contribution in [-0.2, 0) is 9.59 Å². The van der Waals surface area contributed by atoms with Gasteiger partial charge in [0.25, 0.3) is 0 Å². The third kappa shape index (κ3) is 6.22. The fraction of sp³-hybridized carbons (Fsp3) is 0.722. The summed E-state index contributed by atoms with van der Waals surface area (Å²) in [4.78, 5) is 55.7. The number of hydrogen-bond donors (Lipinski definition) is 4. The first-order valence-corrected chi connectivity index (χ1v) is 10.1. The Morgan fingerprint density at radius 1 is 1.13 bits per heavy atom. The molecule has 2 saturated heterocycles. The van der Waals surface area contributed by atoms with Gasteiger partial charge in [0.1, 0.15) is 0 Å². The fourth-order valence-corrected chi connectivity index (χ4v) is 3.26. The minimum absolute atomic E-state index is 0.0718. The maximum absolute atomic E-state index is 12.6. The van der Waals surface area contributed by atoms with Crippen LogP contribution in [0.4, 0.5) is 9.59 Å². The molecule has 1 unspecified atom stereocenters. The summed E-state index contributed by atoms with van der Waals surface area (Å²) >= 11 is 0. The third-order valence-corrected chi connectivity index (χ3v) is 4.69. The molecule has 2 fully saturated rings. The Kier molecular flexibility index (Phi) is 9.85. The number of guanidine groups is 1. The van der Waals surface area contributed by atoms with Gasteiger partial charge in [0.2, 0.25) is 5.91 Å². The first-order valence-electron chi connectivity index (χ1n) is 10.1. The van der Waals surface area contributed by atoms with Gasteiger partial charge in [0.15, 0.2) is 12.0 Å². The molecule has 12 nitrogen and oxygen atoms in total. The third-order valence-electron chi connectivity index (χ3n) is 4.69. The Morgan fingerprint density at radius 3 is 2.13 bits per heavy atom. The quantitative estimate of drug-likeness (QED) is 0.197. The molecule has 2 aliphatic rings. The van der Waals surface area contributed by atoms with Crippen molar-refractivity contribution in [2.45, 2.75) is 39.2 Å². The number of carbonyl (C=O) groups is 4. The van der Waals surface area contributed by atoms with E-state index in [1.165, 1.54) is 18.4 Å². The zero-order valence-electron chi connectivity index (χ0n) is 17.8. The molecule has 12 heteroatoms. The summed E-state index contributed by atoms with van der Waals surface area (Å²) in [6.45, 7) is 5.63. The van der Waals surface area contributed by atoms with Crippen molar-refractivity contribution in [1.82, 2.24) is 20.0 Å². The molecule has 0 aromatic carbocycles.